The maximum Gasteiger partial charge on any atom is 0.123 e. The minimum absolute atomic E-state index is 0.271. The number of rotatable bonds is 3. The van der Waals surface area contributed by atoms with Crippen molar-refractivity contribution >= 4 is 11.6 Å². The van der Waals surface area contributed by atoms with Gasteiger partial charge in [0.05, 0.1) is 6.10 Å². The highest BCUT2D eigenvalue weighted by Crippen LogP contribution is 2.24. The first kappa shape index (κ1) is 13.1. The summed E-state index contributed by atoms with van der Waals surface area (Å²) in [7, 11) is 0. The molecule has 0 aliphatic heterocycles. The van der Waals surface area contributed by atoms with Gasteiger partial charge in [0.15, 0.2) is 0 Å². The Kier molecular flexibility index (Phi) is 4.00. The van der Waals surface area contributed by atoms with E-state index in [1.54, 1.807) is 24.3 Å². The summed E-state index contributed by atoms with van der Waals surface area (Å²) in [6.07, 6.45) is -0.185. The van der Waals surface area contributed by atoms with Crippen molar-refractivity contribution in [2.24, 2.45) is 0 Å². The molecule has 0 aliphatic rings. The minimum Gasteiger partial charge on any atom is -0.388 e. The van der Waals surface area contributed by atoms with Gasteiger partial charge in [-0.25, -0.2) is 4.39 Å². The molecule has 0 aromatic heterocycles. The molecule has 0 bridgehead atoms. The van der Waals surface area contributed by atoms with Gasteiger partial charge >= 0.3 is 0 Å². The van der Waals surface area contributed by atoms with E-state index < -0.39 is 6.10 Å². The monoisotopic (exact) mass is 264 g/mol. The molecule has 2 aromatic rings. The lowest BCUT2D eigenvalue weighted by atomic mass is 9.98. The van der Waals surface area contributed by atoms with Crippen LogP contribution in [0.1, 0.15) is 22.8 Å². The van der Waals surface area contributed by atoms with Crippen molar-refractivity contribution in [3.63, 3.8) is 0 Å². The zero-order chi connectivity index (χ0) is 13.1. The standard InChI is InChI=1S/C15H14ClFO/c1-10-2-5-12(16)9-14(10)15(18)8-11-3-6-13(17)7-4-11/h2-7,9,15,18H,8H2,1H3. The molecule has 1 unspecified atom stereocenters. The van der Waals surface area contributed by atoms with Crippen LogP contribution < -0.4 is 0 Å². The zero-order valence-electron chi connectivity index (χ0n) is 10.0. The molecule has 18 heavy (non-hydrogen) atoms. The van der Waals surface area contributed by atoms with Crippen LogP contribution in [0.25, 0.3) is 0 Å². The van der Waals surface area contributed by atoms with Crippen molar-refractivity contribution in [1.82, 2.24) is 0 Å². The van der Waals surface area contributed by atoms with Gasteiger partial charge in [-0.2, -0.15) is 0 Å². The minimum atomic E-state index is -0.630. The second kappa shape index (κ2) is 5.51. The number of aliphatic hydroxyl groups excluding tert-OH is 1. The summed E-state index contributed by atoms with van der Waals surface area (Å²) in [5, 5.41) is 10.8. The molecule has 0 amide bonds. The highest BCUT2D eigenvalue weighted by Gasteiger charge is 2.11. The van der Waals surface area contributed by atoms with E-state index in [9.17, 15) is 9.50 Å². The smallest absolute Gasteiger partial charge is 0.123 e. The van der Waals surface area contributed by atoms with Crippen molar-refractivity contribution in [2.45, 2.75) is 19.4 Å². The van der Waals surface area contributed by atoms with Crippen LogP contribution in [-0.4, -0.2) is 5.11 Å². The largest absolute Gasteiger partial charge is 0.388 e. The van der Waals surface area contributed by atoms with Crippen molar-refractivity contribution in [3.8, 4) is 0 Å². The Hall–Kier alpha value is -1.38. The number of benzene rings is 2. The van der Waals surface area contributed by atoms with E-state index in [0.29, 0.717) is 11.4 Å². The number of hydrogen-bond donors (Lipinski definition) is 1. The molecule has 0 saturated carbocycles. The van der Waals surface area contributed by atoms with E-state index >= 15 is 0 Å². The van der Waals surface area contributed by atoms with Crippen LogP contribution >= 0.6 is 11.6 Å². The van der Waals surface area contributed by atoms with Gasteiger partial charge < -0.3 is 5.11 Å². The van der Waals surface area contributed by atoms with Crippen molar-refractivity contribution in [1.29, 1.82) is 0 Å². The summed E-state index contributed by atoms with van der Waals surface area (Å²) >= 11 is 5.92. The Labute approximate surface area is 111 Å². The lowest BCUT2D eigenvalue weighted by Crippen LogP contribution is -2.04. The Morgan fingerprint density at radius 1 is 1.17 bits per heavy atom. The summed E-state index contributed by atoms with van der Waals surface area (Å²) in [5.41, 5.74) is 2.70. The number of halogens is 2. The fraction of sp³-hybridized carbons (Fsp3) is 0.200. The second-order valence-electron chi connectivity index (χ2n) is 4.35. The van der Waals surface area contributed by atoms with Crippen molar-refractivity contribution < 1.29 is 9.50 Å². The van der Waals surface area contributed by atoms with E-state index in [2.05, 4.69) is 0 Å². The lowest BCUT2D eigenvalue weighted by molar-refractivity contribution is 0.177. The van der Waals surface area contributed by atoms with Gasteiger partial charge in [0.25, 0.3) is 0 Å². The summed E-state index contributed by atoms with van der Waals surface area (Å²) in [6.45, 7) is 1.93. The molecule has 2 aromatic carbocycles. The van der Waals surface area contributed by atoms with E-state index in [0.717, 1.165) is 16.7 Å². The fourth-order valence-corrected chi connectivity index (χ4v) is 2.10. The molecule has 1 nitrogen and oxygen atoms in total. The number of hydrogen-bond acceptors (Lipinski definition) is 1. The summed E-state index contributed by atoms with van der Waals surface area (Å²) < 4.78 is 12.8. The predicted molar refractivity (Wildman–Crippen MR) is 71.3 cm³/mol. The molecule has 0 radical (unpaired) electrons. The molecule has 1 atom stereocenters. The van der Waals surface area contributed by atoms with E-state index in [1.165, 1.54) is 12.1 Å². The average molecular weight is 265 g/mol. The Morgan fingerprint density at radius 2 is 1.83 bits per heavy atom. The third-order valence-electron chi connectivity index (χ3n) is 2.94. The summed E-state index contributed by atoms with van der Waals surface area (Å²) in [5.74, 6) is -0.271. The summed E-state index contributed by atoms with van der Waals surface area (Å²) in [6, 6.07) is 11.6. The van der Waals surface area contributed by atoms with Crippen LogP contribution in [0.2, 0.25) is 5.02 Å². The maximum absolute atomic E-state index is 12.8. The van der Waals surface area contributed by atoms with Crippen molar-refractivity contribution in [2.75, 3.05) is 0 Å². The van der Waals surface area contributed by atoms with Crippen LogP contribution in [0.3, 0.4) is 0 Å². The van der Waals surface area contributed by atoms with E-state index in [-0.39, 0.29) is 5.82 Å². The van der Waals surface area contributed by atoms with Gasteiger partial charge in [0.2, 0.25) is 0 Å². The van der Waals surface area contributed by atoms with Crippen LogP contribution in [0.5, 0.6) is 0 Å². The molecule has 94 valence electrons. The number of aryl methyl sites for hydroxylation is 1. The maximum atomic E-state index is 12.8. The molecule has 3 heteroatoms. The normalized spacial score (nSPS) is 12.4. The van der Waals surface area contributed by atoms with E-state index in [4.69, 9.17) is 11.6 Å². The predicted octanol–water partition coefficient (Wildman–Crippen LogP) is 4.06. The highest BCUT2D eigenvalue weighted by atomic mass is 35.5. The van der Waals surface area contributed by atoms with Crippen LogP contribution in [0.15, 0.2) is 42.5 Å². The summed E-state index contributed by atoms with van der Waals surface area (Å²) in [4.78, 5) is 0. The van der Waals surface area contributed by atoms with Gasteiger partial charge in [-0.15, -0.1) is 0 Å². The molecule has 0 aliphatic carbocycles. The quantitative estimate of drug-likeness (QED) is 0.886. The van der Waals surface area contributed by atoms with Crippen LogP contribution in [0, 0.1) is 12.7 Å². The van der Waals surface area contributed by atoms with Gasteiger partial charge in [-0.05, 0) is 47.9 Å². The Bertz CT molecular complexity index is 537. The third kappa shape index (κ3) is 3.09. The molecular formula is C15H14ClFO. The molecule has 0 saturated heterocycles. The molecular weight excluding hydrogens is 251 g/mol. The molecule has 0 heterocycles. The average Bonchev–Trinajstić information content (AvgIpc) is 2.35. The fourth-order valence-electron chi connectivity index (χ4n) is 1.92. The Balaban J connectivity index is 2.18. The van der Waals surface area contributed by atoms with Gasteiger partial charge in [-0.3, -0.25) is 0 Å². The Morgan fingerprint density at radius 3 is 2.50 bits per heavy atom. The number of aliphatic hydroxyl groups is 1. The first-order valence-corrected chi connectivity index (χ1v) is 6.12. The first-order valence-electron chi connectivity index (χ1n) is 5.75. The van der Waals surface area contributed by atoms with Gasteiger partial charge in [0, 0.05) is 11.4 Å². The molecule has 0 fully saturated rings. The third-order valence-corrected chi connectivity index (χ3v) is 3.18. The second-order valence-corrected chi connectivity index (χ2v) is 4.78. The van der Waals surface area contributed by atoms with Gasteiger partial charge in [-0.1, -0.05) is 29.8 Å². The van der Waals surface area contributed by atoms with Gasteiger partial charge in [0.1, 0.15) is 5.82 Å². The SMILES string of the molecule is Cc1ccc(Cl)cc1C(O)Cc1ccc(F)cc1. The lowest BCUT2D eigenvalue weighted by Gasteiger charge is -2.14. The first-order chi connectivity index (χ1) is 8.56. The van der Waals surface area contributed by atoms with Crippen molar-refractivity contribution in [3.05, 3.63) is 70.0 Å². The highest BCUT2D eigenvalue weighted by molar-refractivity contribution is 6.30. The molecule has 1 N–H and O–H groups in total. The van der Waals surface area contributed by atoms with Crippen LogP contribution in [-0.2, 0) is 6.42 Å². The molecule has 0 spiro atoms. The van der Waals surface area contributed by atoms with Crippen LogP contribution in [0.4, 0.5) is 4.39 Å². The topological polar surface area (TPSA) is 20.2 Å². The zero-order valence-corrected chi connectivity index (χ0v) is 10.8. The molecule has 2 rings (SSSR count). The van der Waals surface area contributed by atoms with E-state index in [1.807, 2.05) is 13.0 Å².